The van der Waals surface area contributed by atoms with Gasteiger partial charge in [-0.05, 0) is 37.4 Å². The van der Waals surface area contributed by atoms with Gasteiger partial charge in [0.05, 0.1) is 19.3 Å². The van der Waals surface area contributed by atoms with Gasteiger partial charge in [0, 0.05) is 5.25 Å². The lowest BCUT2D eigenvalue weighted by molar-refractivity contribution is 0.0105. The summed E-state index contributed by atoms with van der Waals surface area (Å²) < 4.78 is 11.1. The molecule has 2 bridgehead atoms. The average Bonchev–Trinajstić information content (AvgIpc) is 2.84. The van der Waals surface area contributed by atoms with Crippen LogP contribution >= 0.6 is 11.8 Å². The summed E-state index contributed by atoms with van der Waals surface area (Å²) in [6, 6.07) is 0. The van der Waals surface area contributed by atoms with Gasteiger partial charge in [-0.25, -0.2) is 0 Å². The Morgan fingerprint density at radius 1 is 1.36 bits per heavy atom. The van der Waals surface area contributed by atoms with Gasteiger partial charge in [-0.3, -0.25) is 0 Å². The largest absolute Gasteiger partial charge is 0.375 e. The molecule has 14 heavy (non-hydrogen) atoms. The summed E-state index contributed by atoms with van der Waals surface area (Å²) in [5.74, 6) is 1.80. The Balaban J connectivity index is 1.54. The van der Waals surface area contributed by atoms with Gasteiger partial charge in [-0.2, -0.15) is 11.8 Å². The van der Waals surface area contributed by atoms with Crippen LogP contribution in [0.1, 0.15) is 19.3 Å². The molecular formula is C11H18O2S. The molecular weight excluding hydrogens is 196 g/mol. The molecule has 80 valence electrons. The van der Waals surface area contributed by atoms with E-state index in [2.05, 4.69) is 6.26 Å². The van der Waals surface area contributed by atoms with Crippen LogP contribution in [0, 0.1) is 11.8 Å². The van der Waals surface area contributed by atoms with Crippen molar-refractivity contribution in [2.24, 2.45) is 11.8 Å². The topological polar surface area (TPSA) is 21.8 Å². The molecule has 0 amide bonds. The van der Waals surface area contributed by atoms with E-state index in [9.17, 15) is 0 Å². The van der Waals surface area contributed by atoms with E-state index in [1.165, 1.54) is 19.3 Å². The zero-order chi connectivity index (χ0) is 9.54. The first-order valence-electron chi connectivity index (χ1n) is 5.63. The van der Waals surface area contributed by atoms with Crippen molar-refractivity contribution in [2.45, 2.75) is 36.7 Å². The molecule has 0 radical (unpaired) electrons. The fourth-order valence-electron chi connectivity index (χ4n) is 3.08. The molecule has 0 aromatic rings. The standard InChI is InChI=1S/C11H18O2S/c1-14-11-4-7-2-9(11)10(3-7)13-6-8-5-12-8/h7-11H,2-6H2,1H3. The summed E-state index contributed by atoms with van der Waals surface area (Å²) in [6.45, 7) is 1.77. The molecule has 1 saturated heterocycles. The molecule has 0 spiro atoms. The molecule has 3 fully saturated rings. The van der Waals surface area contributed by atoms with Crippen LogP contribution < -0.4 is 0 Å². The lowest BCUT2D eigenvalue weighted by Gasteiger charge is -2.28. The van der Waals surface area contributed by atoms with Crippen LogP contribution in [0.2, 0.25) is 0 Å². The fraction of sp³-hybridized carbons (Fsp3) is 1.00. The van der Waals surface area contributed by atoms with Crippen LogP contribution in [0.25, 0.3) is 0 Å². The zero-order valence-corrected chi connectivity index (χ0v) is 9.46. The van der Waals surface area contributed by atoms with E-state index in [1.807, 2.05) is 11.8 Å². The maximum atomic E-state index is 5.95. The van der Waals surface area contributed by atoms with Crippen molar-refractivity contribution in [3.05, 3.63) is 0 Å². The quantitative estimate of drug-likeness (QED) is 0.668. The summed E-state index contributed by atoms with van der Waals surface area (Å²) in [6.07, 6.45) is 7.39. The summed E-state index contributed by atoms with van der Waals surface area (Å²) in [5, 5.41) is 0.874. The third kappa shape index (κ3) is 1.70. The molecule has 0 aromatic carbocycles. The van der Waals surface area contributed by atoms with E-state index in [-0.39, 0.29) is 0 Å². The summed E-state index contributed by atoms with van der Waals surface area (Å²) in [7, 11) is 0. The highest BCUT2D eigenvalue weighted by atomic mass is 32.2. The van der Waals surface area contributed by atoms with Crippen molar-refractivity contribution in [1.29, 1.82) is 0 Å². The molecule has 2 saturated carbocycles. The highest BCUT2D eigenvalue weighted by molar-refractivity contribution is 7.99. The molecule has 3 rings (SSSR count). The van der Waals surface area contributed by atoms with Crippen LogP contribution in [-0.4, -0.2) is 36.9 Å². The second kappa shape index (κ2) is 3.69. The summed E-state index contributed by atoms with van der Waals surface area (Å²) >= 11 is 2.04. The molecule has 3 heteroatoms. The molecule has 1 aliphatic heterocycles. The predicted octanol–water partition coefficient (Wildman–Crippen LogP) is 1.93. The predicted molar refractivity (Wildman–Crippen MR) is 57.6 cm³/mol. The van der Waals surface area contributed by atoms with Gasteiger partial charge < -0.3 is 9.47 Å². The zero-order valence-electron chi connectivity index (χ0n) is 8.65. The average molecular weight is 214 g/mol. The summed E-state index contributed by atoms with van der Waals surface area (Å²) in [5.41, 5.74) is 0. The molecule has 5 unspecified atom stereocenters. The van der Waals surface area contributed by atoms with Crippen LogP contribution in [0.15, 0.2) is 0 Å². The molecule has 0 N–H and O–H groups in total. The first-order valence-corrected chi connectivity index (χ1v) is 6.91. The lowest BCUT2D eigenvalue weighted by Crippen LogP contribution is -2.30. The fourth-order valence-corrected chi connectivity index (χ4v) is 4.18. The highest BCUT2D eigenvalue weighted by Gasteiger charge is 2.46. The second-order valence-electron chi connectivity index (χ2n) is 4.84. The van der Waals surface area contributed by atoms with Crippen molar-refractivity contribution in [3.8, 4) is 0 Å². The number of hydrogen-bond donors (Lipinski definition) is 0. The Kier molecular flexibility index (Phi) is 2.50. The van der Waals surface area contributed by atoms with Gasteiger partial charge in [-0.1, -0.05) is 0 Å². The number of epoxide rings is 1. The van der Waals surface area contributed by atoms with Gasteiger partial charge in [0.2, 0.25) is 0 Å². The molecule has 3 aliphatic rings. The number of ether oxygens (including phenoxy) is 2. The monoisotopic (exact) mass is 214 g/mol. The van der Waals surface area contributed by atoms with E-state index < -0.39 is 0 Å². The van der Waals surface area contributed by atoms with Crippen molar-refractivity contribution < 1.29 is 9.47 Å². The van der Waals surface area contributed by atoms with E-state index in [1.54, 1.807) is 0 Å². The third-order valence-electron chi connectivity index (χ3n) is 3.89. The number of hydrogen-bond acceptors (Lipinski definition) is 3. The van der Waals surface area contributed by atoms with Gasteiger partial charge in [-0.15, -0.1) is 0 Å². The Labute approximate surface area is 89.7 Å². The van der Waals surface area contributed by atoms with Crippen molar-refractivity contribution >= 4 is 11.8 Å². The molecule has 5 atom stereocenters. The third-order valence-corrected chi connectivity index (χ3v) is 5.04. The normalized spacial score (nSPS) is 49.9. The minimum Gasteiger partial charge on any atom is -0.375 e. The van der Waals surface area contributed by atoms with Crippen LogP contribution in [0.3, 0.4) is 0 Å². The van der Waals surface area contributed by atoms with Gasteiger partial charge in [0.15, 0.2) is 0 Å². The summed E-state index contributed by atoms with van der Waals surface area (Å²) in [4.78, 5) is 0. The molecule has 2 aliphatic carbocycles. The lowest BCUT2D eigenvalue weighted by atomic mass is 9.97. The maximum absolute atomic E-state index is 5.95. The Morgan fingerprint density at radius 2 is 2.21 bits per heavy atom. The van der Waals surface area contributed by atoms with E-state index in [4.69, 9.17) is 9.47 Å². The van der Waals surface area contributed by atoms with Crippen molar-refractivity contribution in [2.75, 3.05) is 19.5 Å². The van der Waals surface area contributed by atoms with Crippen LogP contribution in [-0.2, 0) is 9.47 Å². The molecule has 1 heterocycles. The van der Waals surface area contributed by atoms with Crippen molar-refractivity contribution in [3.63, 3.8) is 0 Å². The SMILES string of the molecule is CSC1CC2CC(OCC3CO3)C1C2. The van der Waals surface area contributed by atoms with Crippen LogP contribution in [0.5, 0.6) is 0 Å². The van der Waals surface area contributed by atoms with E-state index in [0.29, 0.717) is 12.2 Å². The number of fused-ring (bicyclic) bond motifs is 2. The van der Waals surface area contributed by atoms with Crippen LogP contribution in [0.4, 0.5) is 0 Å². The maximum Gasteiger partial charge on any atom is 0.104 e. The molecule has 0 aromatic heterocycles. The minimum atomic E-state index is 0.432. The van der Waals surface area contributed by atoms with E-state index >= 15 is 0 Å². The number of thioether (sulfide) groups is 1. The molecule has 2 nitrogen and oxygen atoms in total. The first-order chi connectivity index (χ1) is 6.86. The minimum absolute atomic E-state index is 0.432. The second-order valence-corrected chi connectivity index (χ2v) is 5.92. The Morgan fingerprint density at radius 3 is 2.86 bits per heavy atom. The first kappa shape index (κ1) is 9.49. The smallest absolute Gasteiger partial charge is 0.104 e. The Hall–Kier alpha value is 0.270. The van der Waals surface area contributed by atoms with Gasteiger partial charge >= 0.3 is 0 Å². The Bertz CT molecular complexity index is 217. The number of rotatable bonds is 4. The van der Waals surface area contributed by atoms with Crippen molar-refractivity contribution in [1.82, 2.24) is 0 Å². The highest BCUT2D eigenvalue weighted by Crippen LogP contribution is 2.50. The van der Waals surface area contributed by atoms with E-state index in [0.717, 1.165) is 30.3 Å². The van der Waals surface area contributed by atoms with Gasteiger partial charge in [0.1, 0.15) is 6.10 Å². The van der Waals surface area contributed by atoms with Gasteiger partial charge in [0.25, 0.3) is 0 Å².